The van der Waals surface area contributed by atoms with Gasteiger partial charge in [0.15, 0.2) is 0 Å². The van der Waals surface area contributed by atoms with Crippen LogP contribution < -0.4 is 0 Å². The molecule has 0 saturated heterocycles. The van der Waals surface area contributed by atoms with E-state index in [0.717, 1.165) is 6.42 Å². The summed E-state index contributed by atoms with van der Waals surface area (Å²) in [5.41, 5.74) is 7.50. The number of nitrogens with zero attached hydrogens (tertiary/aromatic N) is 1. The van der Waals surface area contributed by atoms with Crippen LogP contribution in [0.15, 0.2) is 66.9 Å². The van der Waals surface area contributed by atoms with Crippen LogP contribution in [0.1, 0.15) is 18.2 Å². The van der Waals surface area contributed by atoms with Gasteiger partial charge in [-0.15, -0.1) is 0 Å². The average molecular weight is 273 g/mol. The molecule has 1 heterocycles. The van der Waals surface area contributed by atoms with E-state index in [1.54, 1.807) is 0 Å². The van der Waals surface area contributed by atoms with Crippen LogP contribution in [0.4, 0.5) is 0 Å². The molecule has 0 fully saturated rings. The topological polar surface area (TPSA) is 12.9 Å². The molecule has 0 atom stereocenters. The normalized spacial score (nSPS) is 10.6. The molecule has 3 rings (SSSR count). The molecular formula is C20H19N. The molecule has 0 aliphatic heterocycles. The zero-order valence-corrected chi connectivity index (χ0v) is 12.5. The fourth-order valence-electron chi connectivity index (χ4n) is 2.72. The second-order valence-corrected chi connectivity index (χ2v) is 5.23. The van der Waals surface area contributed by atoms with Crippen LogP contribution in [0.3, 0.4) is 0 Å². The highest BCUT2D eigenvalue weighted by Crippen LogP contribution is 2.27. The summed E-state index contributed by atoms with van der Waals surface area (Å²) in [6.45, 7) is 4.31. The van der Waals surface area contributed by atoms with Crippen LogP contribution in [-0.4, -0.2) is 4.98 Å². The first-order chi connectivity index (χ1) is 10.3. The molecule has 0 amide bonds. The van der Waals surface area contributed by atoms with Crippen molar-refractivity contribution < 1.29 is 0 Å². The number of rotatable bonds is 3. The molecule has 0 spiro atoms. The van der Waals surface area contributed by atoms with Crippen molar-refractivity contribution in [1.29, 1.82) is 0 Å². The third kappa shape index (κ3) is 2.73. The summed E-state index contributed by atoms with van der Waals surface area (Å²) in [6, 6.07) is 21.4. The number of aryl methyl sites for hydroxylation is 1. The van der Waals surface area contributed by atoms with Gasteiger partial charge in [0.2, 0.25) is 0 Å². The molecule has 0 saturated carbocycles. The molecule has 0 bridgehead atoms. The van der Waals surface area contributed by atoms with Crippen LogP contribution in [0.25, 0.3) is 22.3 Å². The van der Waals surface area contributed by atoms with E-state index in [4.69, 9.17) is 0 Å². The minimum atomic E-state index is 0.974. The summed E-state index contributed by atoms with van der Waals surface area (Å²) in [7, 11) is 0. The fraction of sp³-hybridized carbons (Fsp3) is 0.150. The SMILES string of the molecule is CCc1nccc(-c2ccc(-c3ccccc3)cc2)c1C. The Balaban J connectivity index is 1.99. The quantitative estimate of drug-likeness (QED) is 0.632. The van der Waals surface area contributed by atoms with Crippen LogP contribution in [0.2, 0.25) is 0 Å². The number of hydrogen-bond donors (Lipinski definition) is 0. The van der Waals surface area contributed by atoms with Gasteiger partial charge in [0, 0.05) is 11.9 Å². The third-order valence-electron chi connectivity index (χ3n) is 3.95. The Bertz CT molecular complexity index is 728. The van der Waals surface area contributed by atoms with Gasteiger partial charge in [0.05, 0.1) is 0 Å². The van der Waals surface area contributed by atoms with Crippen molar-refractivity contribution in [3.63, 3.8) is 0 Å². The van der Waals surface area contributed by atoms with Crippen molar-refractivity contribution in [2.24, 2.45) is 0 Å². The smallest absolute Gasteiger partial charge is 0.0436 e. The maximum absolute atomic E-state index is 4.45. The van der Waals surface area contributed by atoms with Gasteiger partial charge in [-0.1, -0.05) is 61.5 Å². The lowest BCUT2D eigenvalue weighted by molar-refractivity contribution is 1.01. The zero-order chi connectivity index (χ0) is 14.7. The minimum absolute atomic E-state index is 0.974. The van der Waals surface area contributed by atoms with Crippen LogP contribution >= 0.6 is 0 Å². The van der Waals surface area contributed by atoms with E-state index in [2.05, 4.69) is 73.4 Å². The van der Waals surface area contributed by atoms with Crippen molar-refractivity contribution >= 4 is 0 Å². The van der Waals surface area contributed by atoms with Gasteiger partial charge in [0.1, 0.15) is 0 Å². The standard InChI is InChI=1S/C20H19N/c1-3-20-15(2)19(13-14-21-20)18-11-9-17(10-12-18)16-7-5-4-6-8-16/h4-14H,3H2,1-2H3. The minimum Gasteiger partial charge on any atom is -0.261 e. The van der Waals surface area contributed by atoms with Crippen LogP contribution in [0, 0.1) is 6.92 Å². The molecule has 0 aliphatic rings. The molecule has 2 aromatic carbocycles. The highest BCUT2D eigenvalue weighted by atomic mass is 14.7. The Kier molecular flexibility index (Phi) is 3.83. The highest BCUT2D eigenvalue weighted by molar-refractivity contribution is 5.72. The lowest BCUT2D eigenvalue weighted by atomic mass is 9.97. The van der Waals surface area contributed by atoms with Gasteiger partial charge in [0.25, 0.3) is 0 Å². The Labute approximate surface area is 126 Å². The molecule has 0 unspecified atom stereocenters. The second kappa shape index (κ2) is 5.92. The summed E-state index contributed by atoms with van der Waals surface area (Å²) in [5.74, 6) is 0. The van der Waals surface area contributed by atoms with E-state index in [1.165, 1.54) is 33.5 Å². The number of pyridine rings is 1. The van der Waals surface area contributed by atoms with E-state index in [-0.39, 0.29) is 0 Å². The lowest BCUT2D eigenvalue weighted by Crippen LogP contribution is -1.94. The molecule has 104 valence electrons. The molecular weight excluding hydrogens is 254 g/mol. The van der Waals surface area contributed by atoms with E-state index >= 15 is 0 Å². The predicted molar refractivity (Wildman–Crippen MR) is 89.2 cm³/mol. The van der Waals surface area contributed by atoms with Crippen molar-refractivity contribution in [3.05, 3.63) is 78.1 Å². The molecule has 3 aromatic rings. The molecule has 1 nitrogen and oxygen atoms in total. The predicted octanol–water partition coefficient (Wildman–Crippen LogP) is 5.29. The summed E-state index contributed by atoms with van der Waals surface area (Å²) in [5, 5.41) is 0. The highest BCUT2D eigenvalue weighted by Gasteiger charge is 2.06. The molecule has 21 heavy (non-hydrogen) atoms. The number of benzene rings is 2. The van der Waals surface area contributed by atoms with Gasteiger partial charge in [-0.05, 0) is 47.2 Å². The van der Waals surface area contributed by atoms with Crippen LogP contribution in [0.5, 0.6) is 0 Å². The average Bonchev–Trinajstić information content (AvgIpc) is 2.56. The summed E-state index contributed by atoms with van der Waals surface area (Å²) in [4.78, 5) is 4.45. The van der Waals surface area contributed by atoms with E-state index in [9.17, 15) is 0 Å². The molecule has 0 radical (unpaired) electrons. The van der Waals surface area contributed by atoms with E-state index in [0.29, 0.717) is 0 Å². The maximum Gasteiger partial charge on any atom is 0.0436 e. The summed E-state index contributed by atoms with van der Waals surface area (Å²) >= 11 is 0. The largest absolute Gasteiger partial charge is 0.261 e. The lowest BCUT2D eigenvalue weighted by Gasteiger charge is -2.10. The fourth-order valence-corrected chi connectivity index (χ4v) is 2.72. The van der Waals surface area contributed by atoms with Crippen molar-refractivity contribution in [2.75, 3.05) is 0 Å². The third-order valence-corrected chi connectivity index (χ3v) is 3.95. The summed E-state index contributed by atoms with van der Waals surface area (Å²) in [6.07, 6.45) is 2.88. The summed E-state index contributed by atoms with van der Waals surface area (Å²) < 4.78 is 0. The van der Waals surface area contributed by atoms with Gasteiger partial charge in [-0.25, -0.2) is 0 Å². The van der Waals surface area contributed by atoms with Gasteiger partial charge < -0.3 is 0 Å². The number of hydrogen-bond acceptors (Lipinski definition) is 1. The van der Waals surface area contributed by atoms with E-state index < -0.39 is 0 Å². The molecule has 1 heteroatoms. The molecule has 0 aliphatic carbocycles. The molecule has 0 N–H and O–H groups in total. The van der Waals surface area contributed by atoms with E-state index in [1.807, 2.05) is 12.3 Å². The van der Waals surface area contributed by atoms with Crippen molar-refractivity contribution in [1.82, 2.24) is 4.98 Å². The number of aromatic nitrogens is 1. The van der Waals surface area contributed by atoms with Crippen LogP contribution in [-0.2, 0) is 6.42 Å². The monoisotopic (exact) mass is 273 g/mol. The second-order valence-electron chi connectivity index (χ2n) is 5.23. The Morgan fingerprint density at radius 3 is 2.05 bits per heavy atom. The first-order valence-corrected chi connectivity index (χ1v) is 7.40. The van der Waals surface area contributed by atoms with Gasteiger partial charge in [-0.2, -0.15) is 0 Å². The van der Waals surface area contributed by atoms with Gasteiger partial charge >= 0.3 is 0 Å². The zero-order valence-electron chi connectivity index (χ0n) is 12.5. The molecule has 1 aromatic heterocycles. The first kappa shape index (κ1) is 13.6. The Morgan fingerprint density at radius 2 is 1.38 bits per heavy atom. The van der Waals surface area contributed by atoms with Crippen molar-refractivity contribution in [2.45, 2.75) is 20.3 Å². The van der Waals surface area contributed by atoms with Gasteiger partial charge in [-0.3, -0.25) is 4.98 Å². The first-order valence-electron chi connectivity index (χ1n) is 7.40. The maximum atomic E-state index is 4.45. The Morgan fingerprint density at radius 1 is 0.762 bits per heavy atom. The Hall–Kier alpha value is -2.41. The van der Waals surface area contributed by atoms with Crippen molar-refractivity contribution in [3.8, 4) is 22.3 Å².